The summed E-state index contributed by atoms with van der Waals surface area (Å²) in [5.74, 6) is 1.12. The third-order valence-electron chi connectivity index (χ3n) is 5.88. The van der Waals surface area contributed by atoms with Gasteiger partial charge in [0, 0.05) is 35.0 Å². The molecular formula is C22H22ClN5O. The van der Waals surface area contributed by atoms with Crippen LogP contribution in [0.15, 0.2) is 47.3 Å². The van der Waals surface area contributed by atoms with Gasteiger partial charge in [0.25, 0.3) is 5.56 Å². The van der Waals surface area contributed by atoms with Crippen LogP contribution in [0, 0.1) is 0 Å². The Labute approximate surface area is 172 Å². The molecule has 1 aliphatic rings. The third-order valence-corrected chi connectivity index (χ3v) is 6.11. The number of fused-ring (bicyclic) bond motifs is 2. The van der Waals surface area contributed by atoms with Crippen LogP contribution in [0.1, 0.15) is 30.3 Å². The number of hydrogen-bond donors (Lipinski definition) is 2. The number of aromatic amines is 2. The first-order valence-corrected chi connectivity index (χ1v) is 10.4. The number of benzene rings is 2. The number of rotatable bonds is 4. The molecule has 0 unspecified atom stereocenters. The van der Waals surface area contributed by atoms with Gasteiger partial charge in [-0.25, -0.2) is 4.98 Å². The molecule has 0 saturated carbocycles. The zero-order valence-electron chi connectivity index (χ0n) is 16.0. The quantitative estimate of drug-likeness (QED) is 0.538. The molecule has 4 aromatic rings. The molecule has 1 fully saturated rings. The lowest BCUT2D eigenvalue weighted by atomic mass is 9.95. The summed E-state index contributed by atoms with van der Waals surface area (Å²) in [5, 5.41) is 10.0. The second-order valence-electron chi connectivity index (χ2n) is 7.70. The summed E-state index contributed by atoms with van der Waals surface area (Å²) >= 11 is 6.13. The fourth-order valence-electron chi connectivity index (χ4n) is 4.22. The predicted molar refractivity (Wildman–Crippen MR) is 116 cm³/mol. The molecule has 6 nitrogen and oxygen atoms in total. The van der Waals surface area contributed by atoms with Crippen LogP contribution in [0.25, 0.3) is 21.8 Å². The molecular weight excluding hydrogens is 386 g/mol. The van der Waals surface area contributed by atoms with Gasteiger partial charge in [0.2, 0.25) is 0 Å². The molecule has 0 radical (unpaired) electrons. The SMILES string of the molecule is O=c1[nH]c(C2CCN(CCc3[nH]nc4ccc(Cl)cc34)CC2)nc2ccccc12. The van der Waals surface area contributed by atoms with E-state index in [1.165, 1.54) is 0 Å². The van der Waals surface area contributed by atoms with Crippen molar-refractivity contribution in [3.8, 4) is 0 Å². The highest BCUT2D eigenvalue weighted by atomic mass is 35.5. The number of likely N-dealkylation sites (tertiary alicyclic amines) is 1. The van der Waals surface area contributed by atoms with Crippen LogP contribution >= 0.6 is 11.6 Å². The largest absolute Gasteiger partial charge is 0.310 e. The van der Waals surface area contributed by atoms with Crippen molar-refractivity contribution in [1.29, 1.82) is 0 Å². The van der Waals surface area contributed by atoms with Crippen LogP contribution in [0.4, 0.5) is 0 Å². The summed E-state index contributed by atoms with van der Waals surface area (Å²) in [5.41, 5.74) is 2.82. The van der Waals surface area contributed by atoms with Gasteiger partial charge in [-0.05, 0) is 56.3 Å². The first-order chi connectivity index (χ1) is 14.2. The normalized spacial score (nSPS) is 16.0. The van der Waals surface area contributed by atoms with Crippen molar-refractivity contribution in [3.63, 3.8) is 0 Å². The summed E-state index contributed by atoms with van der Waals surface area (Å²) in [4.78, 5) is 22.5. The highest BCUT2D eigenvalue weighted by Crippen LogP contribution is 2.26. The molecule has 2 N–H and O–H groups in total. The van der Waals surface area contributed by atoms with Crippen LogP contribution in [0.3, 0.4) is 0 Å². The second kappa shape index (κ2) is 7.61. The summed E-state index contributed by atoms with van der Waals surface area (Å²) in [7, 11) is 0. The number of para-hydroxylation sites is 1. The molecule has 0 atom stereocenters. The van der Waals surface area contributed by atoms with E-state index in [1.807, 2.05) is 42.5 Å². The van der Waals surface area contributed by atoms with E-state index in [0.29, 0.717) is 11.3 Å². The molecule has 29 heavy (non-hydrogen) atoms. The standard InChI is InChI=1S/C22H22ClN5O/c23-15-5-6-19-17(13-15)20(27-26-19)9-12-28-10-7-14(8-11-28)21-24-18-4-2-1-3-16(18)22(29)25-21/h1-6,13-14H,7-12H2,(H,26,27)(H,24,25,29). The van der Waals surface area contributed by atoms with Gasteiger partial charge in [0.1, 0.15) is 5.82 Å². The summed E-state index contributed by atoms with van der Waals surface area (Å²) in [6.07, 6.45) is 2.90. The van der Waals surface area contributed by atoms with Gasteiger partial charge in [0.15, 0.2) is 0 Å². The van der Waals surface area contributed by atoms with Crippen LogP contribution in [-0.2, 0) is 6.42 Å². The molecule has 5 rings (SSSR count). The highest BCUT2D eigenvalue weighted by molar-refractivity contribution is 6.31. The van der Waals surface area contributed by atoms with Crippen LogP contribution in [0.2, 0.25) is 5.02 Å². The monoisotopic (exact) mass is 407 g/mol. The molecule has 1 aliphatic heterocycles. The van der Waals surface area contributed by atoms with E-state index in [4.69, 9.17) is 16.6 Å². The molecule has 2 aromatic heterocycles. The molecule has 7 heteroatoms. The van der Waals surface area contributed by atoms with Crippen molar-refractivity contribution in [2.45, 2.75) is 25.2 Å². The summed E-state index contributed by atoms with van der Waals surface area (Å²) in [6, 6.07) is 13.3. The minimum atomic E-state index is -0.0437. The maximum atomic E-state index is 12.3. The van der Waals surface area contributed by atoms with Gasteiger partial charge >= 0.3 is 0 Å². The predicted octanol–water partition coefficient (Wildman–Crippen LogP) is 3.87. The lowest BCUT2D eigenvalue weighted by Gasteiger charge is -2.31. The van der Waals surface area contributed by atoms with E-state index in [9.17, 15) is 4.79 Å². The van der Waals surface area contributed by atoms with Crippen molar-refractivity contribution >= 4 is 33.4 Å². The van der Waals surface area contributed by atoms with Gasteiger partial charge in [-0.15, -0.1) is 0 Å². The molecule has 2 aromatic carbocycles. The van der Waals surface area contributed by atoms with Crippen LogP contribution < -0.4 is 5.56 Å². The van der Waals surface area contributed by atoms with Crippen molar-refractivity contribution in [2.75, 3.05) is 19.6 Å². The Bertz CT molecular complexity index is 1220. The van der Waals surface area contributed by atoms with Gasteiger partial charge < -0.3 is 9.88 Å². The van der Waals surface area contributed by atoms with Crippen LogP contribution in [0.5, 0.6) is 0 Å². The van der Waals surface area contributed by atoms with E-state index < -0.39 is 0 Å². The number of hydrogen-bond acceptors (Lipinski definition) is 4. The minimum absolute atomic E-state index is 0.0437. The fraction of sp³-hybridized carbons (Fsp3) is 0.318. The van der Waals surface area contributed by atoms with E-state index in [1.54, 1.807) is 0 Å². The van der Waals surface area contributed by atoms with E-state index in [0.717, 1.165) is 71.9 Å². The molecule has 0 spiro atoms. The summed E-state index contributed by atoms with van der Waals surface area (Å²) < 4.78 is 0. The van der Waals surface area contributed by atoms with Gasteiger partial charge in [-0.2, -0.15) is 5.10 Å². The Kier molecular flexibility index (Phi) is 4.81. The van der Waals surface area contributed by atoms with Gasteiger partial charge in [-0.3, -0.25) is 9.89 Å². The number of H-pyrrole nitrogens is 2. The third kappa shape index (κ3) is 3.66. The second-order valence-corrected chi connectivity index (χ2v) is 8.13. The van der Waals surface area contributed by atoms with Crippen molar-refractivity contribution in [1.82, 2.24) is 25.1 Å². The first-order valence-electron chi connectivity index (χ1n) is 10.0. The van der Waals surface area contributed by atoms with Gasteiger partial charge in [0.05, 0.1) is 16.4 Å². The Morgan fingerprint density at radius 1 is 1.07 bits per heavy atom. The van der Waals surface area contributed by atoms with Crippen molar-refractivity contribution < 1.29 is 0 Å². The Morgan fingerprint density at radius 3 is 2.76 bits per heavy atom. The van der Waals surface area contributed by atoms with E-state index >= 15 is 0 Å². The Morgan fingerprint density at radius 2 is 1.90 bits per heavy atom. The smallest absolute Gasteiger partial charge is 0.258 e. The van der Waals surface area contributed by atoms with E-state index in [2.05, 4.69) is 20.1 Å². The Hall–Kier alpha value is -2.70. The lowest BCUT2D eigenvalue weighted by molar-refractivity contribution is 0.211. The molecule has 0 aliphatic carbocycles. The number of halogens is 1. The lowest BCUT2D eigenvalue weighted by Crippen LogP contribution is -2.35. The Balaban J connectivity index is 1.24. The topological polar surface area (TPSA) is 77.7 Å². The van der Waals surface area contributed by atoms with Crippen LogP contribution in [-0.4, -0.2) is 44.7 Å². The van der Waals surface area contributed by atoms with Crippen molar-refractivity contribution in [3.05, 3.63) is 69.4 Å². The average molecular weight is 408 g/mol. The fourth-order valence-corrected chi connectivity index (χ4v) is 4.40. The molecule has 0 bridgehead atoms. The zero-order valence-corrected chi connectivity index (χ0v) is 16.7. The molecule has 0 amide bonds. The first kappa shape index (κ1) is 18.3. The molecule has 148 valence electrons. The summed E-state index contributed by atoms with van der Waals surface area (Å²) in [6.45, 7) is 2.96. The highest BCUT2D eigenvalue weighted by Gasteiger charge is 2.23. The van der Waals surface area contributed by atoms with E-state index in [-0.39, 0.29) is 5.56 Å². The maximum absolute atomic E-state index is 12.3. The number of nitrogens with one attached hydrogen (secondary N) is 2. The minimum Gasteiger partial charge on any atom is -0.310 e. The average Bonchev–Trinajstić information content (AvgIpc) is 3.14. The zero-order chi connectivity index (χ0) is 19.8. The van der Waals surface area contributed by atoms with Gasteiger partial charge in [-0.1, -0.05) is 23.7 Å². The maximum Gasteiger partial charge on any atom is 0.258 e. The number of nitrogens with zero attached hydrogens (tertiary/aromatic N) is 3. The number of piperidine rings is 1. The molecule has 1 saturated heterocycles. The number of aromatic nitrogens is 4. The molecule has 3 heterocycles. The van der Waals surface area contributed by atoms with Crippen molar-refractivity contribution in [2.24, 2.45) is 0 Å².